The Morgan fingerprint density at radius 3 is 1.65 bits per heavy atom. The molecule has 9 aromatic carbocycles. The molecule has 11 rings (SSSR count). The number of anilines is 3. The Balaban J connectivity index is 1.12. The van der Waals surface area contributed by atoms with E-state index in [1.54, 1.807) is 0 Å². The van der Waals surface area contributed by atoms with Crippen molar-refractivity contribution in [2.45, 2.75) is 0 Å². The van der Waals surface area contributed by atoms with Crippen LogP contribution in [0.3, 0.4) is 0 Å². The molecule has 51 heavy (non-hydrogen) atoms. The average molecular weight is 651 g/mol. The van der Waals surface area contributed by atoms with Gasteiger partial charge in [-0.15, -0.1) is 0 Å². The number of aromatic nitrogens is 1. The molecule has 0 bridgehead atoms. The zero-order valence-corrected chi connectivity index (χ0v) is 27.6. The second-order valence-electron chi connectivity index (χ2n) is 13.4. The summed E-state index contributed by atoms with van der Waals surface area (Å²) in [5.41, 5.74) is 9.05. The van der Waals surface area contributed by atoms with Gasteiger partial charge in [0.05, 0.1) is 33.8 Å². The molecule has 1 aliphatic rings. The highest BCUT2D eigenvalue weighted by atomic mass is 16.5. The van der Waals surface area contributed by atoms with Crippen LogP contribution in [0.5, 0.6) is 11.5 Å². The molecule has 3 heteroatoms. The Morgan fingerprint density at radius 2 is 0.863 bits per heavy atom. The Kier molecular flexibility index (Phi) is 5.96. The summed E-state index contributed by atoms with van der Waals surface area (Å²) in [5.74, 6) is 1.69. The minimum absolute atomic E-state index is 0.836. The van der Waals surface area contributed by atoms with Crippen molar-refractivity contribution in [1.29, 1.82) is 0 Å². The van der Waals surface area contributed by atoms with Gasteiger partial charge in [-0.3, -0.25) is 0 Å². The molecule has 0 unspecified atom stereocenters. The zero-order chi connectivity index (χ0) is 33.5. The fraction of sp³-hybridized carbons (Fsp3) is 0. The lowest BCUT2D eigenvalue weighted by molar-refractivity contribution is 0.478. The lowest BCUT2D eigenvalue weighted by Gasteiger charge is -2.34. The van der Waals surface area contributed by atoms with Gasteiger partial charge >= 0.3 is 0 Å². The van der Waals surface area contributed by atoms with E-state index in [1.807, 2.05) is 0 Å². The third kappa shape index (κ3) is 4.25. The Morgan fingerprint density at radius 1 is 0.314 bits per heavy atom. The van der Waals surface area contributed by atoms with Gasteiger partial charge in [-0.25, -0.2) is 0 Å². The third-order valence-corrected chi connectivity index (χ3v) is 10.5. The van der Waals surface area contributed by atoms with E-state index in [0.717, 1.165) is 45.1 Å². The van der Waals surface area contributed by atoms with Crippen molar-refractivity contribution in [1.82, 2.24) is 4.57 Å². The SMILES string of the molecule is c1ccc2cc3c(cc2c1)Oc1ccc(-c2ccc4c(c2)c2ccccc2n4-c2cccc4ccccc24)cc1N3c1cccc2ccccc12. The minimum atomic E-state index is 0.836. The van der Waals surface area contributed by atoms with Crippen molar-refractivity contribution >= 4 is 71.2 Å². The molecule has 0 spiro atoms. The van der Waals surface area contributed by atoms with Crippen LogP contribution in [0.15, 0.2) is 182 Å². The summed E-state index contributed by atoms with van der Waals surface area (Å²) in [7, 11) is 0. The normalized spacial score (nSPS) is 12.4. The molecule has 0 amide bonds. The van der Waals surface area contributed by atoms with E-state index in [2.05, 4.69) is 191 Å². The van der Waals surface area contributed by atoms with Crippen LogP contribution in [0.2, 0.25) is 0 Å². The van der Waals surface area contributed by atoms with Gasteiger partial charge in [-0.05, 0) is 87.3 Å². The molecule has 0 radical (unpaired) electrons. The van der Waals surface area contributed by atoms with E-state index in [9.17, 15) is 0 Å². The average Bonchev–Trinajstić information content (AvgIpc) is 3.52. The van der Waals surface area contributed by atoms with Gasteiger partial charge in [0.2, 0.25) is 0 Å². The second kappa shape index (κ2) is 10.8. The van der Waals surface area contributed by atoms with Crippen LogP contribution in [-0.2, 0) is 0 Å². The van der Waals surface area contributed by atoms with E-state index in [1.165, 1.54) is 54.4 Å². The van der Waals surface area contributed by atoms with Crippen LogP contribution in [-0.4, -0.2) is 4.57 Å². The standard InChI is InChI=1S/C48H30N2O/c1-2-14-34-30-48-46(28-33(34)13-1)50(42-22-10-16-32-12-4-6-18-38(32)42)45-29-36(24-26-47(45)51-48)35-23-25-44-40(27-35)39-19-7-8-20-43(39)49(44)41-21-9-15-31-11-3-5-17-37(31)41/h1-30H. The largest absolute Gasteiger partial charge is 0.453 e. The van der Waals surface area contributed by atoms with Crippen molar-refractivity contribution in [2.75, 3.05) is 4.90 Å². The molecule has 1 aliphatic heterocycles. The van der Waals surface area contributed by atoms with Gasteiger partial charge in [0, 0.05) is 21.5 Å². The molecule has 0 atom stereocenters. The summed E-state index contributed by atoms with van der Waals surface area (Å²) < 4.78 is 9.13. The maximum atomic E-state index is 6.71. The smallest absolute Gasteiger partial charge is 0.152 e. The topological polar surface area (TPSA) is 17.4 Å². The molecule has 3 nitrogen and oxygen atoms in total. The third-order valence-electron chi connectivity index (χ3n) is 10.5. The van der Waals surface area contributed by atoms with Crippen LogP contribution in [0, 0.1) is 0 Å². The van der Waals surface area contributed by atoms with E-state index in [-0.39, 0.29) is 0 Å². The molecular formula is C48H30N2O. The van der Waals surface area contributed by atoms with Gasteiger partial charge < -0.3 is 14.2 Å². The quantitative estimate of drug-likeness (QED) is 0.189. The Hall–Kier alpha value is -6.84. The number of rotatable bonds is 3. The van der Waals surface area contributed by atoms with Crippen LogP contribution in [0.4, 0.5) is 17.1 Å². The zero-order valence-electron chi connectivity index (χ0n) is 27.6. The first-order chi connectivity index (χ1) is 25.3. The van der Waals surface area contributed by atoms with Gasteiger partial charge in [0.15, 0.2) is 11.5 Å². The lowest BCUT2D eigenvalue weighted by atomic mass is 9.99. The molecule has 2 heterocycles. The molecule has 1 aromatic heterocycles. The number of hydrogen-bond donors (Lipinski definition) is 0. The van der Waals surface area contributed by atoms with Crippen LogP contribution in [0.1, 0.15) is 0 Å². The highest BCUT2D eigenvalue weighted by Gasteiger charge is 2.28. The molecule has 0 aliphatic carbocycles. The predicted molar refractivity (Wildman–Crippen MR) is 213 cm³/mol. The minimum Gasteiger partial charge on any atom is -0.453 e. The highest BCUT2D eigenvalue weighted by molar-refractivity contribution is 6.12. The van der Waals surface area contributed by atoms with Crippen LogP contribution in [0.25, 0.3) is 70.9 Å². The fourth-order valence-corrected chi connectivity index (χ4v) is 8.15. The predicted octanol–water partition coefficient (Wildman–Crippen LogP) is 13.5. The monoisotopic (exact) mass is 650 g/mol. The summed E-state index contributed by atoms with van der Waals surface area (Å²) in [4.78, 5) is 2.39. The molecule has 0 fully saturated rings. The maximum Gasteiger partial charge on any atom is 0.152 e. The first-order valence-electron chi connectivity index (χ1n) is 17.4. The summed E-state index contributed by atoms with van der Waals surface area (Å²) in [5, 5.41) is 9.68. The van der Waals surface area contributed by atoms with Crippen LogP contribution < -0.4 is 9.64 Å². The number of hydrogen-bond acceptors (Lipinski definition) is 2. The van der Waals surface area contributed by atoms with Crippen molar-refractivity contribution < 1.29 is 4.74 Å². The Labute approximate surface area is 294 Å². The molecule has 10 aromatic rings. The maximum absolute atomic E-state index is 6.71. The van der Waals surface area contributed by atoms with Gasteiger partial charge in [-0.2, -0.15) is 0 Å². The van der Waals surface area contributed by atoms with Gasteiger partial charge in [0.1, 0.15) is 0 Å². The lowest BCUT2D eigenvalue weighted by Crippen LogP contribution is -2.16. The van der Waals surface area contributed by atoms with Crippen molar-refractivity contribution in [3.05, 3.63) is 182 Å². The van der Waals surface area contributed by atoms with Crippen LogP contribution >= 0.6 is 0 Å². The molecule has 238 valence electrons. The first-order valence-corrected chi connectivity index (χ1v) is 17.4. The summed E-state index contributed by atoms with van der Waals surface area (Å²) in [6, 6.07) is 65.6. The number of nitrogens with zero attached hydrogens (tertiary/aromatic N) is 2. The highest BCUT2D eigenvalue weighted by Crippen LogP contribution is 2.53. The molecular weight excluding hydrogens is 621 g/mol. The van der Waals surface area contributed by atoms with E-state index in [0.29, 0.717) is 0 Å². The van der Waals surface area contributed by atoms with Gasteiger partial charge in [0.25, 0.3) is 0 Å². The molecule has 0 saturated heterocycles. The summed E-state index contributed by atoms with van der Waals surface area (Å²) in [6.07, 6.45) is 0. The first kappa shape index (κ1) is 28.0. The Bertz CT molecular complexity index is 3020. The number of benzene rings is 9. The number of fused-ring (bicyclic) bond motifs is 8. The van der Waals surface area contributed by atoms with E-state index < -0.39 is 0 Å². The van der Waals surface area contributed by atoms with Crippen molar-refractivity contribution in [3.63, 3.8) is 0 Å². The van der Waals surface area contributed by atoms with Crippen molar-refractivity contribution in [3.8, 4) is 28.3 Å². The van der Waals surface area contributed by atoms with E-state index >= 15 is 0 Å². The molecule has 0 N–H and O–H groups in total. The second-order valence-corrected chi connectivity index (χ2v) is 13.4. The summed E-state index contributed by atoms with van der Waals surface area (Å²) >= 11 is 0. The summed E-state index contributed by atoms with van der Waals surface area (Å²) in [6.45, 7) is 0. The fourth-order valence-electron chi connectivity index (χ4n) is 8.15. The number of ether oxygens (including phenoxy) is 1. The van der Waals surface area contributed by atoms with E-state index in [4.69, 9.17) is 4.74 Å². The number of para-hydroxylation sites is 1. The molecule has 0 saturated carbocycles. The van der Waals surface area contributed by atoms with Crippen molar-refractivity contribution in [2.24, 2.45) is 0 Å². The van der Waals surface area contributed by atoms with Gasteiger partial charge in [-0.1, -0.05) is 127 Å².